The van der Waals surface area contributed by atoms with Crippen LogP contribution in [0.15, 0.2) is 38.0 Å². The Morgan fingerprint density at radius 2 is 0.815 bits per heavy atom. The van der Waals surface area contributed by atoms with Gasteiger partial charge in [0.2, 0.25) is 35.4 Å². The Labute approximate surface area is 367 Å². The Balaban J connectivity index is 1.09. The maximum atomic E-state index is 13.8. The lowest BCUT2D eigenvalue weighted by Crippen LogP contribution is -2.49. The van der Waals surface area contributed by atoms with Crippen LogP contribution in [0.5, 0.6) is 0 Å². The van der Waals surface area contributed by atoms with Gasteiger partial charge in [-0.25, -0.2) is 44.9 Å². The molecule has 29 nitrogen and oxygen atoms in total. The Kier molecular flexibility index (Phi) is 14.9. The molecule has 0 spiro atoms. The molecule has 342 valence electrons. The quantitative estimate of drug-likeness (QED) is 0.0334. The van der Waals surface area contributed by atoms with Crippen LogP contribution < -0.4 is 38.9 Å². The van der Waals surface area contributed by atoms with E-state index in [-0.39, 0.29) is 112 Å². The fourth-order valence-corrected chi connectivity index (χ4v) is 6.45. The van der Waals surface area contributed by atoms with Gasteiger partial charge in [0.15, 0.2) is 34.4 Å². The molecule has 11 N–H and O–H groups in total. The smallest absolute Gasteiger partial charge is 0.243 e. The number of anilines is 3. The fourth-order valence-electron chi connectivity index (χ4n) is 6.45. The van der Waals surface area contributed by atoms with Crippen LogP contribution in [0.25, 0.3) is 33.5 Å². The number of nitrogens with two attached hydrogens (primary N) is 4. The third-order valence-electron chi connectivity index (χ3n) is 9.64. The van der Waals surface area contributed by atoms with Gasteiger partial charge < -0.3 is 67.3 Å². The number of ketones is 1. The van der Waals surface area contributed by atoms with E-state index >= 15 is 0 Å². The van der Waals surface area contributed by atoms with E-state index in [4.69, 9.17) is 22.9 Å². The normalized spacial score (nSPS) is 11.1. The molecule has 0 bridgehead atoms. The van der Waals surface area contributed by atoms with Gasteiger partial charge in [-0.1, -0.05) is 0 Å². The summed E-state index contributed by atoms with van der Waals surface area (Å²) < 4.78 is 4.32. The second kappa shape index (κ2) is 21.0. The molecule has 0 aliphatic carbocycles. The third kappa shape index (κ3) is 11.7. The predicted molar refractivity (Wildman–Crippen MR) is 228 cm³/mol. The summed E-state index contributed by atoms with van der Waals surface area (Å²) in [6.45, 7) is -1.56. The van der Waals surface area contributed by atoms with E-state index in [9.17, 15) is 33.6 Å². The van der Waals surface area contributed by atoms with Crippen molar-refractivity contribution in [3.05, 3.63) is 38.0 Å². The summed E-state index contributed by atoms with van der Waals surface area (Å²) in [5.41, 5.74) is 24.8. The predicted octanol–water partition coefficient (Wildman–Crippen LogP) is -5.37. The Morgan fingerprint density at radius 1 is 0.492 bits per heavy atom. The van der Waals surface area contributed by atoms with Crippen LogP contribution in [0.1, 0.15) is 6.92 Å². The summed E-state index contributed by atoms with van der Waals surface area (Å²) in [6.07, 6.45) is 7.76. The first-order valence-electron chi connectivity index (χ1n) is 19.8. The number of amides is 6. The Hall–Kier alpha value is -8.50. The minimum atomic E-state index is -0.620. The average Bonchev–Trinajstić information content (AvgIpc) is 4.01. The minimum Gasteiger partial charge on any atom is -0.382 e. The van der Waals surface area contributed by atoms with Gasteiger partial charge in [0.25, 0.3) is 0 Å². The number of imidazole rings is 3. The molecule has 29 heteroatoms. The molecule has 0 aliphatic heterocycles. The molecule has 6 aromatic rings. The lowest BCUT2D eigenvalue weighted by atomic mass is 10.3. The first-order valence-corrected chi connectivity index (χ1v) is 19.8. The van der Waals surface area contributed by atoms with Gasteiger partial charge in [0.05, 0.1) is 45.2 Å². The number of Topliss-reactive ketones (excluding diaryl/α,β-unsaturated/α-hetero) is 1. The maximum absolute atomic E-state index is 13.8. The molecule has 6 heterocycles. The summed E-state index contributed by atoms with van der Waals surface area (Å²) in [6, 6.07) is 0. The number of aromatic nitrogens is 12. The van der Waals surface area contributed by atoms with Crippen LogP contribution in [0.4, 0.5) is 17.5 Å². The summed E-state index contributed by atoms with van der Waals surface area (Å²) in [5, 5.41) is 7.92. The molecule has 0 fully saturated rings. The SMILES string of the molecule is CC(=O)CN(CCNC(=O)CN(CCNC(=O)CN(CCNC(=O)CN)C(=O)Cn1cnc2c(N)ncnc21)C(=O)Cn1cnc2c(N)ncnc21)C(=O)Cn1cnc2c(N)ncnc21. The van der Waals surface area contributed by atoms with Crippen molar-refractivity contribution in [2.75, 3.05) is 82.6 Å². The van der Waals surface area contributed by atoms with E-state index in [2.05, 4.69) is 60.8 Å². The topological polar surface area (TPSA) is 400 Å². The molecule has 6 aromatic heterocycles. The van der Waals surface area contributed by atoms with E-state index in [0.717, 1.165) is 0 Å². The van der Waals surface area contributed by atoms with Gasteiger partial charge in [-0.3, -0.25) is 33.6 Å². The zero-order chi connectivity index (χ0) is 46.6. The number of carbonyl (C=O) groups is 7. The molecule has 0 radical (unpaired) electrons. The maximum Gasteiger partial charge on any atom is 0.243 e. The lowest BCUT2D eigenvalue weighted by Gasteiger charge is -2.25. The van der Waals surface area contributed by atoms with Crippen molar-refractivity contribution in [2.24, 2.45) is 5.73 Å². The molecular formula is C36H46N22O7. The lowest BCUT2D eigenvalue weighted by molar-refractivity contribution is -0.137. The van der Waals surface area contributed by atoms with E-state index in [0.29, 0.717) is 16.8 Å². The van der Waals surface area contributed by atoms with Gasteiger partial charge in [0.1, 0.15) is 60.9 Å². The Bertz CT molecular complexity index is 2730. The highest BCUT2D eigenvalue weighted by Gasteiger charge is 2.24. The molecule has 0 aliphatic rings. The van der Waals surface area contributed by atoms with Gasteiger partial charge in [-0.15, -0.1) is 0 Å². The molecule has 65 heavy (non-hydrogen) atoms. The van der Waals surface area contributed by atoms with Gasteiger partial charge in [-0.05, 0) is 6.92 Å². The van der Waals surface area contributed by atoms with Crippen LogP contribution in [0.2, 0.25) is 0 Å². The number of rotatable bonds is 22. The zero-order valence-electron chi connectivity index (χ0n) is 35.0. The van der Waals surface area contributed by atoms with Crippen molar-refractivity contribution in [2.45, 2.75) is 26.6 Å². The molecule has 0 aromatic carbocycles. The van der Waals surface area contributed by atoms with Gasteiger partial charge >= 0.3 is 0 Å². The molecule has 6 rings (SSSR count). The van der Waals surface area contributed by atoms with Crippen molar-refractivity contribution >= 4 is 92.2 Å². The van der Waals surface area contributed by atoms with Crippen LogP contribution in [-0.2, 0) is 53.2 Å². The summed E-state index contributed by atoms with van der Waals surface area (Å²) >= 11 is 0. The molecule has 0 saturated heterocycles. The first-order chi connectivity index (χ1) is 31.2. The van der Waals surface area contributed by atoms with Crippen molar-refractivity contribution < 1.29 is 33.6 Å². The third-order valence-corrected chi connectivity index (χ3v) is 9.64. The van der Waals surface area contributed by atoms with E-state index in [1.54, 1.807) is 0 Å². The molecule has 0 unspecified atom stereocenters. The number of nitrogen functional groups attached to an aromatic ring is 3. The highest BCUT2D eigenvalue weighted by molar-refractivity contribution is 5.89. The number of carbonyl (C=O) groups excluding carboxylic acids is 7. The standard InChI is InChI=1S/C36H46N22O7/c1-21(59)9-53(25(63)12-56-18-50-28-31(38)44-15-47-34(28)56)5-3-42-23(61)11-55(27(65)14-58-20-52-30-33(40)46-17-49-36(30)58)7-4-43-24(62)10-54(6-2-41-22(60)8-37)26(64)13-57-19-51-29-32(39)45-16-48-35(29)57/h15-20H,2-14,37H2,1H3,(H,41,60)(H,42,61)(H,43,62)(H2,38,44,47)(H2,39,45,48)(H2,40,46,49). The fraction of sp³-hybridized carbons (Fsp3) is 0.389. The number of nitrogens with zero attached hydrogens (tertiary/aromatic N) is 15. The number of nitrogens with one attached hydrogen (secondary N) is 3. The number of fused-ring (bicyclic) bond motifs is 3. The second-order valence-electron chi connectivity index (χ2n) is 14.3. The van der Waals surface area contributed by atoms with E-state index in [1.165, 1.54) is 73.3 Å². The monoisotopic (exact) mass is 898 g/mol. The number of hydrogen-bond donors (Lipinski definition) is 7. The largest absolute Gasteiger partial charge is 0.382 e. The minimum absolute atomic E-state index is 0.0147. The molecular weight excluding hydrogens is 853 g/mol. The van der Waals surface area contributed by atoms with Crippen LogP contribution >= 0.6 is 0 Å². The summed E-state index contributed by atoms with van der Waals surface area (Å²) in [5.74, 6) is -3.22. The van der Waals surface area contributed by atoms with Crippen molar-refractivity contribution in [1.82, 2.24) is 89.2 Å². The first kappa shape index (κ1) is 46.0. The van der Waals surface area contributed by atoms with E-state index < -0.39 is 48.5 Å². The number of hydrogen-bond acceptors (Lipinski definition) is 20. The molecule has 0 atom stereocenters. The second-order valence-corrected chi connectivity index (χ2v) is 14.3. The average molecular weight is 899 g/mol. The van der Waals surface area contributed by atoms with Gasteiger partial charge in [-0.2, -0.15) is 0 Å². The highest BCUT2D eigenvalue weighted by atomic mass is 16.2. The van der Waals surface area contributed by atoms with Crippen LogP contribution in [-0.4, -0.2) is 180 Å². The summed E-state index contributed by atoms with van der Waals surface area (Å²) in [7, 11) is 0. The van der Waals surface area contributed by atoms with Crippen molar-refractivity contribution in [3.63, 3.8) is 0 Å². The highest BCUT2D eigenvalue weighted by Crippen LogP contribution is 2.17. The zero-order valence-corrected chi connectivity index (χ0v) is 35.0. The van der Waals surface area contributed by atoms with Crippen molar-refractivity contribution in [3.8, 4) is 0 Å². The van der Waals surface area contributed by atoms with Crippen LogP contribution in [0, 0.1) is 0 Å². The summed E-state index contributed by atoms with van der Waals surface area (Å²) in [4.78, 5) is 132. The van der Waals surface area contributed by atoms with Crippen molar-refractivity contribution in [1.29, 1.82) is 0 Å². The molecule has 6 amide bonds. The van der Waals surface area contributed by atoms with Gasteiger partial charge in [0, 0.05) is 39.3 Å². The van der Waals surface area contributed by atoms with E-state index in [1.807, 2.05) is 0 Å². The molecule has 0 saturated carbocycles. The Morgan fingerprint density at radius 3 is 1.14 bits per heavy atom. The van der Waals surface area contributed by atoms with Crippen LogP contribution in [0.3, 0.4) is 0 Å².